The van der Waals surface area contributed by atoms with Crippen molar-refractivity contribution in [1.82, 2.24) is 19.9 Å². The predicted octanol–water partition coefficient (Wildman–Crippen LogP) is 2.53. The first-order valence-corrected chi connectivity index (χ1v) is 9.50. The van der Waals surface area contributed by atoms with Crippen LogP contribution < -0.4 is 9.80 Å². The molecule has 8 heteroatoms. The Morgan fingerprint density at radius 3 is 2.74 bits per heavy atom. The van der Waals surface area contributed by atoms with Gasteiger partial charge in [0.2, 0.25) is 0 Å². The molecular weight excluding hydrogens is 328 g/mol. The molecule has 118 valence electrons. The van der Waals surface area contributed by atoms with E-state index in [0.29, 0.717) is 0 Å². The number of thiophene rings is 1. The summed E-state index contributed by atoms with van der Waals surface area (Å²) in [5.74, 6) is 2.01. The summed E-state index contributed by atoms with van der Waals surface area (Å²) < 4.78 is 1.17. The molecule has 1 saturated heterocycles. The van der Waals surface area contributed by atoms with E-state index in [0.717, 1.165) is 48.4 Å². The van der Waals surface area contributed by atoms with Gasteiger partial charge in [-0.05, 0) is 17.7 Å². The predicted molar refractivity (Wildman–Crippen MR) is 95.7 cm³/mol. The summed E-state index contributed by atoms with van der Waals surface area (Å²) in [7, 11) is 0. The van der Waals surface area contributed by atoms with Crippen LogP contribution >= 0.6 is 23.1 Å². The lowest BCUT2D eigenvalue weighted by Crippen LogP contribution is -2.47. The van der Waals surface area contributed by atoms with Gasteiger partial charge in [-0.3, -0.25) is 4.98 Å². The maximum Gasteiger partial charge on any atom is 0.150 e. The number of fused-ring (bicyclic) bond motifs is 1. The summed E-state index contributed by atoms with van der Waals surface area (Å²) in [6.45, 7) is 3.69. The van der Waals surface area contributed by atoms with Crippen molar-refractivity contribution in [3.05, 3.63) is 30.2 Å². The highest BCUT2D eigenvalue weighted by molar-refractivity contribution is 7.98. The number of hydrogen-bond acceptors (Lipinski definition) is 8. The largest absolute Gasteiger partial charge is 0.352 e. The second-order valence-electron chi connectivity index (χ2n) is 5.23. The van der Waals surface area contributed by atoms with Gasteiger partial charge in [0.15, 0.2) is 0 Å². The number of nitrogens with zero attached hydrogens (tertiary/aromatic N) is 6. The van der Waals surface area contributed by atoms with E-state index in [4.69, 9.17) is 0 Å². The molecule has 4 heterocycles. The fourth-order valence-corrected chi connectivity index (χ4v) is 3.95. The summed E-state index contributed by atoms with van der Waals surface area (Å²) in [5, 5.41) is 3.03. The van der Waals surface area contributed by atoms with E-state index >= 15 is 0 Å². The Morgan fingerprint density at radius 2 is 1.91 bits per heavy atom. The van der Waals surface area contributed by atoms with Crippen molar-refractivity contribution in [2.75, 3.05) is 42.2 Å². The van der Waals surface area contributed by atoms with E-state index in [1.54, 1.807) is 35.6 Å². The maximum absolute atomic E-state index is 4.64. The molecule has 0 N–H and O–H groups in total. The molecule has 23 heavy (non-hydrogen) atoms. The molecular formula is C15H16N6S2. The molecule has 3 aromatic rings. The highest BCUT2D eigenvalue weighted by Gasteiger charge is 2.21. The molecule has 0 saturated carbocycles. The molecule has 1 aliphatic heterocycles. The van der Waals surface area contributed by atoms with E-state index < -0.39 is 0 Å². The van der Waals surface area contributed by atoms with Crippen molar-refractivity contribution >= 4 is 45.0 Å². The SMILES string of the molecule is CSc1cncc(N2CCN(c3ncnc4ccsc34)CC2)n1. The fourth-order valence-electron chi connectivity index (χ4n) is 2.74. The second-order valence-corrected chi connectivity index (χ2v) is 6.97. The summed E-state index contributed by atoms with van der Waals surface area (Å²) in [5.41, 5.74) is 1.03. The lowest BCUT2D eigenvalue weighted by atomic mass is 10.3. The van der Waals surface area contributed by atoms with E-state index in [1.807, 2.05) is 18.5 Å². The molecule has 4 rings (SSSR count). The van der Waals surface area contributed by atoms with Crippen LogP contribution in [0.15, 0.2) is 35.2 Å². The Hall–Kier alpha value is -1.93. The van der Waals surface area contributed by atoms with Gasteiger partial charge in [0.05, 0.1) is 22.6 Å². The Labute approximate surface area is 142 Å². The average Bonchev–Trinajstić information content (AvgIpc) is 3.11. The van der Waals surface area contributed by atoms with Crippen LogP contribution in [-0.4, -0.2) is 52.4 Å². The third-order valence-electron chi connectivity index (χ3n) is 3.94. The highest BCUT2D eigenvalue weighted by Crippen LogP contribution is 2.29. The van der Waals surface area contributed by atoms with Gasteiger partial charge in [0, 0.05) is 26.2 Å². The fraction of sp³-hybridized carbons (Fsp3) is 0.333. The van der Waals surface area contributed by atoms with Crippen LogP contribution in [0.25, 0.3) is 10.2 Å². The van der Waals surface area contributed by atoms with E-state index in [2.05, 4.69) is 35.1 Å². The number of piperazine rings is 1. The monoisotopic (exact) mass is 344 g/mol. The smallest absolute Gasteiger partial charge is 0.150 e. The molecule has 0 radical (unpaired) electrons. The molecule has 0 unspecified atom stereocenters. The molecule has 0 spiro atoms. The third-order valence-corrected chi connectivity index (χ3v) is 5.45. The first-order valence-electron chi connectivity index (χ1n) is 7.39. The van der Waals surface area contributed by atoms with Crippen LogP contribution in [0.1, 0.15) is 0 Å². The van der Waals surface area contributed by atoms with Gasteiger partial charge in [-0.25, -0.2) is 15.0 Å². The van der Waals surface area contributed by atoms with Gasteiger partial charge in [-0.1, -0.05) is 0 Å². The Balaban J connectivity index is 1.51. The number of hydrogen-bond donors (Lipinski definition) is 0. The summed E-state index contributed by atoms with van der Waals surface area (Å²) in [6.07, 6.45) is 7.33. The van der Waals surface area contributed by atoms with Crippen LogP contribution in [0.2, 0.25) is 0 Å². The third kappa shape index (κ3) is 2.84. The lowest BCUT2D eigenvalue weighted by molar-refractivity contribution is 0.640. The molecule has 0 aliphatic carbocycles. The van der Waals surface area contributed by atoms with E-state index in [-0.39, 0.29) is 0 Å². The number of aromatic nitrogens is 4. The zero-order valence-electron chi connectivity index (χ0n) is 12.7. The van der Waals surface area contributed by atoms with Crippen molar-refractivity contribution in [3.8, 4) is 0 Å². The summed E-state index contributed by atoms with van der Waals surface area (Å²) in [4.78, 5) is 22.4. The zero-order valence-corrected chi connectivity index (χ0v) is 14.3. The molecule has 6 nitrogen and oxygen atoms in total. The van der Waals surface area contributed by atoms with E-state index in [1.165, 1.54) is 4.70 Å². The number of rotatable bonds is 3. The molecule has 0 bridgehead atoms. The van der Waals surface area contributed by atoms with Crippen LogP contribution in [0, 0.1) is 0 Å². The number of thioether (sulfide) groups is 1. The molecule has 0 amide bonds. The van der Waals surface area contributed by atoms with Crippen LogP contribution in [-0.2, 0) is 0 Å². The molecule has 1 aliphatic rings. The van der Waals surface area contributed by atoms with Gasteiger partial charge in [0.1, 0.15) is 23.0 Å². The minimum absolute atomic E-state index is 0.920. The van der Waals surface area contributed by atoms with Gasteiger partial charge in [0.25, 0.3) is 0 Å². The highest BCUT2D eigenvalue weighted by atomic mass is 32.2. The molecule has 1 fully saturated rings. The van der Waals surface area contributed by atoms with Gasteiger partial charge in [-0.2, -0.15) is 0 Å². The molecule has 0 atom stereocenters. The van der Waals surface area contributed by atoms with Crippen molar-refractivity contribution in [2.45, 2.75) is 5.03 Å². The van der Waals surface area contributed by atoms with Crippen LogP contribution in [0.5, 0.6) is 0 Å². The van der Waals surface area contributed by atoms with Crippen molar-refractivity contribution in [3.63, 3.8) is 0 Å². The van der Waals surface area contributed by atoms with Crippen LogP contribution in [0.4, 0.5) is 11.6 Å². The summed E-state index contributed by atoms with van der Waals surface area (Å²) in [6, 6.07) is 2.05. The minimum atomic E-state index is 0.920. The van der Waals surface area contributed by atoms with Crippen molar-refractivity contribution < 1.29 is 0 Å². The Morgan fingerprint density at radius 1 is 1.09 bits per heavy atom. The standard InChI is InChI=1S/C15H16N6S2/c1-22-13-9-16-8-12(19-13)20-3-5-21(6-4-20)15-14-11(2-7-23-14)17-10-18-15/h2,7-10H,3-6H2,1H3. The summed E-state index contributed by atoms with van der Waals surface area (Å²) >= 11 is 3.32. The first-order chi connectivity index (χ1) is 11.3. The maximum atomic E-state index is 4.64. The topological polar surface area (TPSA) is 58.0 Å². The van der Waals surface area contributed by atoms with Crippen LogP contribution in [0.3, 0.4) is 0 Å². The quantitative estimate of drug-likeness (QED) is 0.677. The van der Waals surface area contributed by atoms with Crippen molar-refractivity contribution in [1.29, 1.82) is 0 Å². The lowest BCUT2D eigenvalue weighted by Gasteiger charge is -2.36. The Bertz CT molecular complexity index is 812. The molecule has 3 aromatic heterocycles. The van der Waals surface area contributed by atoms with Gasteiger partial charge >= 0.3 is 0 Å². The minimum Gasteiger partial charge on any atom is -0.352 e. The normalized spacial score (nSPS) is 15.3. The average molecular weight is 344 g/mol. The zero-order chi connectivity index (χ0) is 15.6. The first kappa shape index (κ1) is 14.6. The second kappa shape index (κ2) is 6.29. The molecule has 0 aromatic carbocycles. The van der Waals surface area contributed by atoms with Crippen molar-refractivity contribution in [2.24, 2.45) is 0 Å². The van der Waals surface area contributed by atoms with Gasteiger partial charge < -0.3 is 9.80 Å². The van der Waals surface area contributed by atoms with E-state index in [9.17, 15) is 0 Å². The number of anilines is 2. The van der Waals surface area contributed by atoms with Gasteiger partial charge in [-0.15, -0.1) is 23.1 Å². The Kier molecular flexibility index (Phi) is 4.00.